The second kappa shape index (κ2) is 7.09. The number of amides is 2. The second-order valence-electron chi connectivity index (χ2n) is 4.22. The first-order chi connectivity index (χ1) is 8.97. The summed E-state index contributed by atoms with van der Waals surface area (Å²) in [5.74, 6) is -0.406. The summed E-state index contributed by atoms with van der Waals surface area (Å²) in [4.78, 5) is 29.3. The average molecular weight is 284 g/mol. The summed E-state index contributed by atoms with van der Waals surface area (Å²) in [5, 5.41) is 2.79. The Balaban J connectivity index is 2.94. The summed E-state index contributed by atoms with van der Waals surface area (Å²) in [5.41, 5.74) is 1.13. The minimum Gasteiger partial charge on any atom is -0.358 e. The minimum absolute atomic E-state index is 0.0438. The number of carbonyl (C=O) groups excluding carboxylic acids is 2. The van der Waals surface area contributed by atoms with Gasteiger partial charge in [-0.3, -0.25) is 9.59 Å². The Labute approximate surface area is 118 Å². The topological polar surface area (TPSA) is 62.3 Å². The molecule has 0 spiro atoms. The first kappa shape index (κ1) is 15.4. The fourth-order valence-electron chi connectivity index (χ4n) is 1.71. The zero-order chi connectivity index (χ0) is 14.4. The molecule has 1 rings (SSSR count). The van der Waals surface area contributed by atoms with Gasteiger partial charge in [-0.15, -0.1) is 0 Å². The number of aromatic nitrogens is 1. The number of carbonyl (C=O) groups is 2. The molecule has 0 unspecified atom stereocenters. The van der Waals surface area contributed by atoms with Gasteiger partial charge in [-0.05, 0) is 25.5 Å². The minimum atomic E-state index is -0.210. The van der Waals surface area contributed by atoms with Gasteiger partial charge in [-0.1, -0.05) is 18.5 Å². The van der Waals surface area contributed by atoms with Gasteiger partial charge in [0, 0.05) is 24.8 Å². The van der Waals surface area contributed by atoms with E-state index in [4.69, 9.17) is 11.6 Å². The Bertz CT molecular complexity index is 457. The monoisotopic (exact) mass is 283 g/mol. The van der Waals surface area contributed by atoms with Crippen molar-refractivity contribution in [3.05, 3.63) is 28.5 Å². The van der Waals surface area contributed by atoms with Crippen LogP contribution < -0.4 is 5.32 Å². The predicted molar refractivity (Wildman–Crippen MR) is 74.2 cm³/mol. The molecular formula is C13H18ClN3O2. The zero-order valence-corrected chi connectivity index (χ0v) is 12.1. The molecule has 19 heavy (non-hydrogen) atoms. The summed E-state index contributed by atoms with van der Waals surface area (Å²) in [6.45, 7) is 4.29. The molecule has 0 aliphatic heterocycles. The molecular weight excluding hydrogens is 266 g/mol. The molecule has 1 N–H and O–H groups in total. The molecule has 0 fully saturated rings. The Kier molecular flexibility index (Phi) is 5.76. The van der Waals surface area contributed by atoms with Gasteiger partial charge >= 0.3 is 0 Å². The van der Waals surface area contributed by atoms with Gasteiger partial charge in [-0.25, -0.2) is 4.98 Å². The molecule has 0 bridgehead atoms. The van der Waals surface area contributed by atoms with Gasteiger partial charge in [0.05, 0.1) is 6.54 Å². The van der Waals surface area contributed by atoms with E-state index in [1.54, 1.807) is 20.0 Å². The summed E-state index contributed by atoms with van der Waals surface area (Å²) < 4.78 is 0. The number of rotatable bonds is 5. The van der Waals surface area contributed by atoms with Crippen molar-refractivity contribution in [3.63, 3.8) is 0 Å². The number of hydrogen-bond donors (Lipinski definition) is 1. The van der Waals surface area contributed by atoms with Crippen molar-refractivity contribution in [3.8, 4) is 0 Å². The van der Waals surface area contributed by atoms with Crippen LogP contribution in [0.5, 0.6) is 0 Å². The lowest BCUT2D eigenvalue weighted by Gasteiger charge is -2.21. The normalized spacial score (nSPS) is 10.1. The molecule has 1 aromatic heterocycles. The molecule has 2 amide bonds. The molecule has 0 aromatic carbocycles. The Morgan fingerprint density at radius 2 is 2.11 bits per heavy atom. The van der Waals surface area contributed by atoms with Crippen LogP contribution in [-0.2, 0) is 4.79 Å². The van der Waals surface area contributed by atoms with Crippen molar-refractivity contribution >= 4 is 23.4 Å². The van der Waals surface area contributed by atoms with Crippen LogP contribution in [-0.4, -0.2) is 41.8 Å². The quantitative estimate of drug-likeness (QED) is 0.836. The number of aryl methyl sites for hydroxylation is 1. The number of hydrogen-bond acceptors (Lipinski definition) is 3. The van der Waals surface area contributed by atoms with Crippen LogP contribution in [0.2, 0.25) is 5.15 Å². The van der Waals surface area contributed by atoms with Crippen LogP contribution in [0.1, 0.15) is 29.4 Å². The fraction of sp³-hybridized carbons (Fsp3) is 0.462. The third-order valence-electron chi connectivity index (χ3n) is 2.56. The molecule has 0 saturated carbocycles. The van der Waals surface area contributed by atoms with E-state index in [1.165, 1.54) is 11.0 Å². The van der Waals surface area contributed by atoms with Crippen molar-refractivity contribution in [2.45, 2.75) is 20.3 Å². The maximum atomic E-state index is 12.4. The van der Waals surface area contributed by atoms with Crippen LogP contribution in [0.15, 0.2) is 12.1 Å². The Hall–Kier alpha value is -1.62. The first-order valence-electron chi connectivity index (χ1n) is 6.12. The van der Waals surface area contributed by atoms with Crippen molar-refractivity contribution in [1.82, 2.24) is 15.2 Å². The van der Waals surface area contributed by atoms with Crippen LogP contribution in [0, 0.1) is 6.92 Å². The van der Waals surface area contributed by atoms with Crippen molar-refractivity contribution < 1.29 is 9.59 Å². The predicted octanol–water partition coefficient (Wildman–Crippen LogP) is 1.64. The molecule has 0 aliphatic rings. The van der Waals surface area contributed by atoms with E-state index in [0.29, 0.717) is 17.8 Å². The molecule has 0 atom stereocenters. The summed E-state index contributed by atoms with van der Waals surface area (Å²) in [6, 6.07) is 3.18. The van der Waals surface area contributed by atoms with Crippen LogP contribution in [0.3, 0.4) is 0 Å². The maximum Gasteiger partial charge on any atom is 0.254 e. The molecule has 0 saturated heterocycles. The highest BCUT2D eigenvalue weighted by Gasteiger charge is 2.18. The van der Waals surface area contributed by atoms with Crippen molar-refractivity contribution in [2.75, 3.05) is 20.1 Å². The van der Waals surface area contributed by atoms with Crippen LogP contribution >= 0.6 is 11.6 Å². The lowest BCUT2D eigenvalue weighted by Crippen LogP contribution is -2.40. The van der Waals surface area contributed by atoms with Gasteiger partial charge in [0.2, 0.25) is 5.91 Å². The largest absolute Gasteiger partial charge is 0.358 e. The fourth-order valence-corrected chi connectivity index (χ4v) is 1.96. The van der Waals surface area contributed by atoms with E-state index in [2.05, 4.69) is 10.3 Å². The number of pyridine rings is 1. The molecule has 104 valence electrons. The highest BCUT2D eigenvalue weighted by atomic mass is 35.5. The van der Waals surface area contributed by atoms with E-state index in [9.17, 15) is 9.59 Å². The SMILES string of the molecule is CCCN(CC(=O)NC)C(=O)c1cc(C)nc(Cl)c1. The van der Waals surface area contributed by atoms with Crippen LogP contribution in [0.4, 0.5) is 0 Å². The summed E-state index contributed by atoms with van der Waals surface area (Å²) >= 11 is 5.85. The number of likely N-dealkylation sites (N-methyl/N-ethyl adjacent to an activating group) is 1. The third kappa shape index (κ3) is 4.52. The highest BCUT2D eigenvalue weighted by molar-refractivity contribution is 6.29. The molecule has 1 aromatic rings. The maximum absolute atomic E-state index is 12.4. The van der Waals surface area contributed by atoms with Gasteiger partial charge in [-0.2, -0.15) is 0 Å². The zero-order valence-electron chi connectivity index (χ0n) is 11.4. The van der Waals surface area contributed by atoms with Crippen LogP contribution in [0.25, 0.3) is 0 Å². The van der Waals surface area contributed by atoms with Crippen molar-refractivity contribution in [1.29, 1.82) is 0 Å². The Morgan fingerprint density at radius 3 is 2.63 bits per heavy atom. The number of nitrogens with one attached hydrogen (secondary N) is 1. The first-order valence-corrected chi connectivity index (χ1v) is 6.49. The molecule has 5 nitrogen and oxygen atoms in total. The highest BCUT2D eigenvalue weighted by Crippen LogP contribution is 2.13. The lowest BCUT2D eigenvalue weighted by molar-refractivity contribution is -0.121. The Morgan fingerprint density at radius 1 is 1.42 bits per heavy atom. The van der Waals surface area contributed by atoms with E-state index in [1.807, 2.05) is 6.92 Å². The molecule has 0 radical (unpaired) electrons. The number of halogens is 1. The second-order valence-corrected chi connectivity index (χ2v) is 4.61. The third-order valence-corrected chi connectivity index (χ3v) is 2.76. The van der Waals surface area contributed by atoms with E-state index in [-0.39, 0.29) is 23.5 Å². The summed E-state index contributed by atoms with van der Waals surface area (Å²) in [6.07, 6.45) is 0.778. The molecule has 6 heteroatoms. The van der Waals surface area contributed by atoms with E-state index < -0.39 is 0 Å². The van der Waals surface area contributed by atoms with E-state index in [0.717, 1.165) is 6.42 Å². The van der Waals surface area contributed by atoms with Crippen molar-refractivity contribution in [2.24, 2.45) is 0 Å². The smallest absolute Gasteiger partial charge is 0.254 e. The standard InChI is InChI=1S/C13H18ClN3O2/c1-4-5-17(8-12(18)15-3)13(19)10-6-9(2)16-11(14)7-10/h6-7H,4-5,8H2,1-3H3,(H,15,18). The molecule has 0 aliphatic carbocycles. The van der Waals surface area contributed by atoms with Gasteiger partial charge in [0.1, 0.15) is 5.15 Å². The van der Waals surface area contributed by atoms with E-state index >= 15 is 0 Å². The van der Waals surface area contributed by atoms with Gasteiger partial charge in [0.25, 0.3) is 5.91 Å². The average Bonchev–Trinajstić information content (AvgIpc) is 2.36. The van der Waals surface area contributed by atoms with Gasteiger partial charge < -0.3 is 10.2 Å². The summed E-state index contributed by atoms with van der Waals surface area (Å²) in [7, 11) is 1.55. The number of nitrogens with zero attached hydrogens (tertiary/aromatic N) is 2. The van der Waals surface area contributed by atoms with Gasteiger partial charge in [0.15, 0.2) is 0 Å². The lowest BCUT2D eigenvalue weighted by atomic mass is 10.2. The molecule has 1 heterocycles.